The second-order valence-electron chi connectivity index (χ2n) is 5.41. The van der Waals surface area contributed by atoms with Crippen LogP contribution in [0.5, 0.6) is 0 Å². The van der Waals surface area contributed by atoms with Gasteiger partial charge in [0.2, 0.25) is 0 Å². The predicted octanol–water partition coefficient (Wildman–Crippen LogP) is 3.19. The van der Waals surface area contributed by atoms with Gasteiger partial charge in [-0.2, -0.15) is 0 Å². The SMILES string of the molecule is CCNCc1cc(Cl)ccc1N(CCCO)C1CCC1. The molecule has 0 heterocycles. The van der Waals surface area contributed by atoms with Crippen LogP contribution in [0.25, 0.3) is 0 Å². The van der Waals surface area contributed by atoms with Crippen LogP contribution >= 0.6 is 11.6 Å². The molecule has 2 rings (SSSR count). The average molecular weight is 297 g/mol. The molecule has 1 fully saturated rings. The maximum absolute atomic E-state index is 9.13. The van der Waals surface area contributed by atoms with E-state index in [1.807, 2.05) is 6.07 Å². The van der Waals surface area contributed by atoms with E-state index in [4.69, 9.17) is 16.7 Å². The first-order valence-corrected chi connectivity index (χ1v) is 8.00. The second kappa shape index (κ2) is 7.87. The van der Waals surface area contributed by atoms with Crippen LogP contribution in [-0.4, -0.2) is 30.8 Å². The number of hydrogen-bond donors (Lipinski definition) is 2. The summed E-state index contributed by atoms with van der Waals surface area (Å²) in [6.45, 7) is 5.07. The predicted molar refractivity (Wildman–Crippen MR) is 85.5 cm³/mol. The van der Waals surface area contributed by atoms with Crippen molar-refractivity contribution in [2.24, 2.45) is 0 Å². The van der Waals surface area contributed by atoms with Crippen LogP contribution in [0.1, 0.15) is 38.2 Å². The van der Waals surface area contributed by atoms with Gasteiger partial charge in [-0.15, -0.1) is 0 Å². The Bertz CT molecular complexity index is 421. The highest BCUT2D eigenvalue weighted by Crippen LogP contribution is 2.33. The van der Waals surface area contributed by atoms with Crippen LogP contribution < -0.4 is 10.2 Å². The summed E-state index contributed by atoms with van der Waals surface area (Å²) in [4.78, 5) is 2.46. The van der Waals surface area contributed by atoms with Gasteiger partial charge in [-0.1, -0.05) is 18.5 Å². The smallest absolute Gasteiger partial charge is 0.0447 e. The molecular formula is C16H25ClN2O. The number of nitrogens with one attached hydrogen (secondary N) is 1. The number of nitrogens with zero attached hydrogens (tertiary/aromatic N) is 1. The summed E-state index contributed by atoms with van der Waals surface area (Å²) in [6.07, 6.45) is 4.65. The maximum atomic E-state index is 9.13. The molecule has 1 aliphatic rings. The molecule has 4 heteroatoms. The lowest BCUT2D eigenvalue weighted by atomic mass is 9.90. The molecule has 0 aliphatic heterocycles. The zero-order valence-electron chi connectivity index (χ0n) is 12.2. The molecule has 0 spiro atoms. The van der Waals surface area contributed by atoms with Crippen molar-refractivity contribution >= 4 is 17.3 Å². The van der Waals surface area contributed by atoms with Gasteiger partial charge in [0.1, 0.15) is 0 Å². The summed E-state index contributed by atoms with van der Waals surface area (Å²) in [7, 11) is 0. The standard InChI is InChI=1S/C16H25ClN2O/c1-2-18-12-13-11-14(17)7-8-16(13)19(9-4-10-20)15-5-3-6-15/h7-8,11,15,18,20H,2-6,9-10,12H2,1H3. The van der Waals surface area contributed by atoms with E-state index in [1.165, 1.54) is 30.5 Å². The number of rotatable bonds is 8. The first kappa shape index (κ1) is 15.6. The molecule has 0 unspecified atom stereocenters. The van der Waals surface area contributed by atoms with Gasteiger partial charge in [-0.3, -0.25) is 0 Å². The van der Waals surface area contributed by atoms with Crippen LogP contribution in [-0.2, 0) is 6.54 Å². The Morgan fingerprint density at radius 1 is 1.40 bits per heavy atom. The molecule has 0 aromatic heterocycles. The fraction of sp³-hybridized carbons (Fsp3) is 0.625. The minimum Gasteiger partial charge on any atom is -0.396 e. The van der Waals surface area contributed by atoms with E-state index >= 15 is 0 Å². The van der Waals surface area contributed by atoms with Crippen molar-refractivity contribution in [1.29, 1.82) is 0 Å². The van der Waals surface area contributed by atoms with Crippen LogP contribution in [0.15, 0.2) is 18.2 Å². The van der Waals surface area contributed by atoms with E-state index in [0.29, 0.717) is 6.04 Å². The molecule has 2 N–H and O–H groups in total. The normalized spacial score (nSPS) is 15.2. The molecular weight excluding hydrogens is 272 g/mol. The minimum atomic E-state index is 0.249. The quantitative estimate of drug-likeness (QED) is 0.773. The molecule has 0 amide bonds. The molecule has 0 bridgehead atoms. The lowest BCUT2D eigenvalue weighted by Crippen LogP contribution is -2.41. The number of aliphatic hydroxyl groups is 1. The zero-order chi connectivity index (χ0) is 14.4. The highest BCUT2D eigenvalue weighted by molar-refractivity contribution is 6.30. The number of benzene rings is 1. The zero-order valence-corrected chi connectivity index (χ0v) is 13.0. The lowest BCUT2D eigenvalue weighted by Gasteiger charge is -2.40. The number of hydrogen-bond acceptors (Lipinski definition) is 3. The Hall–Kier alpha value is -0.770. The maximum Gasteiger partial charge on any atom is 0.0447 e. The van der Waals surface area contributed by atoms with E-state index < -0.39 is 0 Å². The summed E-state index contributed by atoms with van der Waals surface area (Å²) in [5.41, 5.74) is 2.53. The van der Waals surface area contributed by atoms with E-state index in [1.54, 1.807) is 0 Å². The van der Waals surface area contributed by atoms with Crippen molar-refractivity contribution in [1.82, 2.24) is 5.32 Å². The van der Waals surface area contributed by atoms with E-state index in [9.17, 15) is 0 Å². The van der Waals surface area contributed by atoms with E-state index in [2.05, 4.69) is 29.3 Å². The molecule has 1 aromatic carbocycles. The fourth-order valence-corrected chi connectivity index (χ4v) is 2.87. The van der Waals surface area contributed by atoms with Crippen molar-refractivity contribution in [2.75, 3.05) is 24.6 Å². The molecule has 0 radical (unpaired) electrons. The third kappa shape index (κ3) is 3.87. The fourth-order valence-electron chi connectivity index (χ4n) is 2.67. The molecule has 1 aliphatic carbocycles. The highest BCUT2D eigenvalue weighted by atomic mass is 35.5. The van der Waals surface area contributed by atoms with Gasteiger partial charge in [0.25, 0.3) is 0 Å². The molecule has 1 saturated carbocycles. The van der Waals surface area contributed by atoms with Gasteiger partial charge in [0.15, 0.2) is 0 Å². The summed E-state index contributed by atoms with van der Waals surface area (Å²) in [5, 5.41) is 13.3. The molecule has 3 nitrogen and oxygen atoms in total. The topological polar surface area (TPSA) is 35.5 Å². The highest BCUT2D eigenvalue weighted by Gasteiger charge is 2.26. The van der Waals surface area contributed by atoms with Crippen molar-refractivity contribution in [3.63, 3.8) is 0 Å². The van der Waals surface area contributed by atoms with E-state index in [-0.39, 0.29) is 6.61 Å². The first-order chi connectivity index (χ1) is 9.76. The molecule has 1 aromatic rings. The summed E-state index contributed by atoms with van der Waals surface area (Å²) in [6, 6.07) is 6.79. The third-order valence-corrected chi connectivity index (χ3v) is 4.22. The van der Waals surface area contributed by atoms with Crippen molar-refractivity contribution in [3.05, 3.63) is 28.8 Å². The second-order valence-corrected chi connectivity index (χ2v) is 5.85. The monoisotopic (exact) mass is 296 g/mol. The van der Waals surface area contributed by atoms with Gasteiger partial charge in [0.05, 0.1) is 0 Å². The Labute approximate surface area is 126 Å². The van der Waals surface area contributed by atoms with Crippen LogP contribution in [0.4, 0.5) is 5.69 Å². The summed E-state index contributed by atoms with van der Waals surface area (Å²) < 4.78 is 0. The van der Waals surface area contributed by atoms with Gasteiger partial charge in [0, 0.05) is 36.4 Å². The van der Waals surface area contributed by atoms with Gasteiger partial charge >= 0.3 is 0 Å². The Kier molecular flexibility index (Phi) is 6.14. The van der Waals surface area contributed by atoms with Crippen LogP contribution in [0.2, 0.25) is 5.02 Å². The van der Waals surface area contributed by atoms with Gasteiger partial charge in [-0.25, -0.2) is 0 Å². The van der Waals surface area contributed by atoms with Crippen molar-refractivity contribution in [2.45, 2.75) is 45.2 Å². The Morgan fingerprint density at radius 3 is 2.80 bits per heavy atom. The Balaban J connectivity index is 2.20. The van der Waals surface area contributed by atoms with Crippen LogP contribution in [0, 0.1) is 0 Å². The van der Waals surface area contributed by atoms with Crippen LogP contribution in [0.3, 0.4) is 0 Å². The van der Waals surface area contributed by atoms with Crippen molar-refractivity contribution < 1.29 is 5.11 Å². The van der Waals surface area contributed by atoms with E-state index in [0.717, 1.165) is 31.1 Å². The molecule has 112 valence electrons. The van der Waals surface area contributed by atoms with Crippen molar-refractivity contribution in [3.8, 4) is 0 Å². The first-order valence-electron chi connectivity index (χ1n) is 7.63. The van der Waals surface area contributed by atoms with Gasteiger partial charge in [-0.05, 0) is 56.0 Å². The number of halogens is 1. The lowest BCUT2D eigenvalue weighted by molar-refractivity contribution is 0.283. The Morgan fingerprint density at radius 2 is 2.20 bits per heavy atom. The number of anilines is 1. The average Bonchev–Trinajstić information content (AvgIpc) is 2.39. The molecule has 0 atom stereocenters. The van der Waals surface area contributed by atoms with Gasteiger partial charge < -0.3 is 15.3 Å². The minimum absolute atomic E-state index is 0.249. The summed E-state index contributed by atoms with van der Waals surface area (Å²) >= 11 is 6.15. The summed E-state index contributed by atoms with van der Waals surface area (Å²) in [5.74, 6) is 0. The third-order valence-electron chi connectivity index (χ3n) is 3.99. The molecule has 0 saturated heterocycles. The number of aliphatic hydroxyl groups excluding tert-OH is 1. The molecule has 20 heavy (non-hydrogen) atoms. The largest absolute Gasteiger partial charge is 0.396 e.